The number of piperidine rings is 1. The second-order valence-corrected chi connectivity index (χ2v) is 4.98. The molecular weight excluding hydrogens is 224 g/mol. The third-order valence-electron chi connectivity index (χ3n) is 3.28. The molecule has 0 unspecified atom stereocenters. The van der Waals surface area contributed by atoms with Gasteiger partial charge in [-0.05, 0) is 44.3 Å². The molecule has 1 amide bonds. The molecule has 1 saturated carbocycles. The third kappa shape index (κ3) is 2.71. The molecule has 0 aromatic rings. The molecule has 0 bridgehead atoms. The smallest absolute Gasteiger partial charge is 0.229 e. The Kier molecular flexibility index (Phi) is 3.76. The molecule has 1 heterocycles. The standard InChI is InChI=1S/C11H18N2O2S/c14-7-9-3-1-2-6-13(9)11(16)12-10(15)8-4-5-8/h8-9,14H,1-7H2,(H,12,15,16)/t9-/m1/s1. The van der Waals surface area contributed by atoms with E-state index in [-0.39, 0.29) is 24.5 Å². The van der Waals surface area contributed by atoms with Crippen LogP contribution in [0, 0.1) is 5.92 Å². The zero-order valence-corrected chi connectivity index (χ0v) is 10.1. The van der Waals surface area contributed by atoms with Crippen LogP contribution < -0.4 is 5.32 Å². The summed E-state index contributed by atoms with van der Waals surface area (Å²) in [5.41, 5.74) is 0. The number of rotatable bonds is 2. The lowest BCUT2D eigenvalue weighted by molar-refractivity contribution is -0.121. The molecule has 0 aromatic carbocycles. The Labute approximate surface area is 101 Å². The summed E-state index contributed by atoms with van der Waals surface area (Å²) in [6.07, 6.45) is 5.13. The second kappa shape index (κ2) is 5.10. The Morgan fingerprint density at radius 3 is 2.75 bits per heavy atom. The maximum atomic E-state index is 11.6. The molecule has 2 rings (SSSR count). The van der Waals surface area contributed by atoms with Crippen LogP contribution in [0.4, 0.5) is 0 Å². The molecule has 2 N–H and O–H groups in total. The first-order valence-corrected chi connectivity index (χ1v) is 6.35. The summed E-state index contributed by atoms with van der Waals surface area (Å²) in [4.78, 5) is 13.5. The number of hydrogen-bond donors (Lipinski definition) is 2. The van der Waals surface area contributed by atoms with E-state index in [0.29, 0.717) is 5.11 Å². The lowest BCUT2D eigenvalue weighted by Gasteiger charge is -2.36. The summed E-state index contributed by atoms with van der Waals surface area (Å²) in [7, 11) is 0. The van der Waals surface area contributed by atoms with Crippen LogP contribution in [-0.4, -0.2) is 40.2 Å². The average Bonchev–Trinajstić information content (AvgIpc) is 3.12. The number of thiocarbonyl (C=S) groups is 1. The minimum absolute atomic E-state index is 0.0484. The number of carbonyl (C=O) groups is 1. The van der Waals surface area contributed by atoms with Gasteiger partial charge in [-0.2, -0.15) is 0 Å². The lowest BCUT2D eigenvalue weighted by atomic mass is 10.0. The van der Waals surface area contributed by atoms with Crippen molar-refractivity contribution in [1.82, 2.24) is 10.2 Å². The molecule has 90 valence electrons. The Bertz CT molecular complexity index is 292. The zero-order valence-electron chi connectivity index (χ0n) is 9.32. The largest absolute Gasteiger partial charge is 0.394 e. The van der Waals surface area contributed by atoms with Crippen molar-refractivity contribution in [2.45, 2.75) is 38.1 Å². The number of likely N-dealkylation sites (tertiary alicyclic amines) is 1. The van der Waals surface area contributed by atoms with Crippen molar-refractivity contribution < 1.29 is 9.90 Å². The highest BCUT2D eigenvalue weighted by molar-refractivity contribution is 7.80. The van der Waals surface area contributed by atoms with E-state index in [4.69, 9.17) is 12.2 Å². The second-order valence-electron chi connectivity index (χ2n) is 4.59. The fourth-order valence-electron chi connectivity index (χ4n) is 2.08. The van der Waals surface area contributed by atoms with Gasteiger partial charge in [0.25, 0.3) is 0 Å². The topological polar surface area (TPSA) is 52.6 Å². The van der Waals surface area contributed by atoms with Crippen LogP contribution in [-0.2, 0) is 4.79 Å². The monoisotopic (exact) mass is 242 g/mol. The van der Waals surface area contributed by atoms with E-state index in [0.717, 1.165) is 38.6 Å². The van der Waals surface area contributed by atoms with Gasteiger partial charge in [0, 0.05) is 12.5 Å². The Morgan fingerprint density at radius 1 is 1.38 bits per heavy atom. The molecule has 0 spiro atoms. The average molecular weight is 242 g/mol. The number of hydrogen-bond acceptors (Lipinski definition) is 3. The van der Waals surface area contributed by atoms with E-state index in [9.17, 15) is 9.90 Å². The Balaban J connectivity index is 1.88. The van der Waals surface area contributed by atoms with Crippen LogP contribution in [0.3, 0.4) is 0 Å². The lowest BCUT2D eigenvalue weighted by Crippen LogP contribution is -2.51. The van der Waals surface area contributed by atoms with Gasteiger partial charge < -0.3 is 15.3 Å². The van der Waals surface area contributed by atoms with Gasteiger partial charge in [-0.25, -0.2) is 0 Å². The van der Waals surface area contributed by atoms with Crippen LogP contribution in [0.2, 0.25) is 0 Å². The van der Waals surface area contributed by atoms with Crippen molar-refractivity contribution in [2.75, 3.05) is 13.2 Å². The normalized spacial score (nSPS) is 25.3. The molecule has 1 saturated heterocycles. The van der Waals surface area contributed by atoms with Gasteiger partial charge in [-0.1, -0.05) is 0 Å². The number of aliphatic hydroxyl groups is 1. The maximum absolute atomic E-state index is 11.6. The van der Waals surface area contributed by atoms with E-state index in [2.05, 4.69) is 5.32 Å². The number of aliphatic hydroxyl groups excluding tert-OH is 1. The summed E-state index contributed by atoms with van der Waals surface area (Å²) >= 11 is 5.22. The molecule has 4 nitrogen and oxygen atoms in total. The highest BCUT2D eigenvalue weighted by Gasteiger charge is 2.32. The number of carbonyl (C=O) groups excluding carboxylic acids is 1. The minimum atomic E-state index is 0.0484. The van der Waals surface area contributed by atoms with Crippen molar-refractivity contribution in [2.24, 2.45) is 5.92 Å². The van der Waals surface area contributed by atoms with Crippen molar-refractivity contribution in [1.29, 1.82) is 0 Å². The van der Waals surface area contributed by atoms with E-state index in [1.165, 1.54) is 0 Å². The van der Waals surface area contributed by atoms with Crippen molar-refractivity contribution in [3.63, 3.8) is 0 Å². The van der Waals surface area contributed by atoms with Crippen molar-refractivity contribution in [3.05, 3.63) is 0 Å². The molecule has 1 atom stereocenters. The van der Waals surface area contributed by atoms with Gasteiger partial charge >= 0.3 is 0 Å². The van der Waals surface area contributed by atoms with Crippen LogP contribution in [0.1, 0.15) is 32.1 Å². The van der Waals surface area contributed by atoms with Gasteiger partial charge in [0.15, 0.2) is 5.11 Å². The summed E-state index contributed by atoms with van der Waals surface area (Å²) in [6, 6.07) is 0.0840. The molecule has 16 heavy (non-hydrogen) atoms. The molecule has 1 aliphatic heterocycles. The summed E-state index contributed by atoms with van der Waals surface area (Å²) in [5, 5.41) is 12.5. The minimum Gasteiger partial charge on any atom is -0.394 e. The SMILES string of the molecule is O=C(NC(=S)N1CCCC[C@@H]1CO)C1CC1. The first kappa shape index (κ1) is 11.8. The van der Waals surface area contributed by atoms with Gasteiger partial charge in [0.1, 0.15) is 0 Å². The molecule has 0 aromatic heterocycles. The predicted octanol–water partition coefficient (Wildman–Crippen LogP) is 0.644. The van der Waals surface area contributed by atoms with E-state index in [1.807, 2.05) is 4.90 Å². The summed E-state index contributed by atoms with van der Waals surface area (Å²) < 4.78 is 0. The molecule has 2 aliphatic rings. The summed E-state index contributed by atoms with van der Waals surface area (Å²) in [6.45, 7) is 0.953. The van der Waals surface area contributed by atoms with Crippen LogP contribution in [0.5, 0.6) is 0 Å². The van der Waals surface area contributed by atoms with Crippen LogP contribution in [0.15, 0.2) is 0 Å². The molecule has 2 fully saturated rings. The quantitative estimate of drug-likeness (QED) is 0.698. The molecule has 0 radical (unpaired) electrons. The first-order chi connectivity index (χ1) is 7.72. The fourth-order valence-corrected chi connectivity index (χ4v) is 2.42. The van der Waals surface area contributed by atoms with E-state index < -0.39 is 0 Å². The molecule has 5 heteroatoms. The number of nitrogens with zero attached hydrogens (tertiary/aromatic N) is 1. The van der Waals surface area contributed by atoms with Gasteiger partial charge in [0.2, 0.25) is 5.91 Å². The van der Waals surface area contributed by atoms with Gasteiger partial charge in [-0.3, -0.25) is 4.79 Å². The highest BCUT2D eigenvalue weighted by atomic mass is 32.1. The van der Waals surface area contributed by atoms with Gasteiger partial charge in [0.05, 0.1) is 12.6 Å². The zero-order chi connectivity index (χ0) is 11.5. The van der Waals surface area contributed by atoms with E-state index in [1.54, 1.807) is 0 Å². The Morgan fingerprint density at radius 2 is 2.12 bits per heavy atom. The van der Waals surface area contributed by atoms with Crippen LogP contribution >= 0.6 is 12.2 Å². The molecular formula is C11H18N2O2S. The Hall–Kier alpha value is -0.680. The van der Waals surface area contributed by atoms with Gasteiger partial charge in [-0.15, -0.1) is 0 Å². The van der Waals surface area contributed by atoms with Crippen molar-refractivity contribution >= 4 is 23.2 Å². The molecule has 1 aliphatic carbocycles. The van der Waals surface area contributed by atoms with Crippen molar-refractivity contribution in [3.8, 4) is 0 Å². The fraction of sp³-hybridized carbons (Fsp3) is 0.818. The maximum Gasteiger partial charge on any atom is 0.229 e. The van der Waals surface area contributed by atoms with E-state index >= 15 is 0 Å². The van der Waals surface area contributed by atoms with Crippen LogP contribution in [0.25, 0.3) is 0 Å². The third-order valence-corrected chi connectivity index (χ3v) is 3.61. The number of amides is 1. The predicted molar refractivity (Wildman–Crippen MR) is 64.9 cm³/mol. The summed E-state index contributed by atoms with van der Waals surface area (Å²) in [5.74, 6) is 0.225. The number of nitrogens with one attached hydrogen (secondary N) is 1. The first-order valence-electron chi connectivity index (χ1n) is 5.94. The highest BCUT2D eigenvalue weighted by Crippen LogP contribution is 2.29.